The molecule has 4 heteroatoms. The first kappa shape index (κ1) is 15.0. The normalized spacial score (nSPS) is 13.4. The maximum atomic E-state index is 12.6. The van der Waals surface area contributed by atoms with E-state index >= 15 is 0 Å². The van der Waals surface area contributed by atoms with E-state index in [4.69, 9.17) is 0 Å². The Morgan fingerprint density at radius 2 is 2.00 bits per heavy atom. The zero-order valence-electron chi connectivity index (χ0n) is 12.9. The van der Waals surface area contributed by atoms with Crippen molar-refractivity contribution in [2.45, 2.75) is 13.1 Å². The molecule has 4 nitrogen and oxygen atoms in total. The van der Waals surface area contributed by atoms with Crippen molar-refractivity contribution in [3.05, 3.63) is 76.9 Å². The largest absolute Gasteiger partial charge is 0.466 e. The summed E-state index contributed by atoms with van der Waals surface area (Å²) in [5.41, 5.74) is 3.64. The fraction of sp³-hybridized carbons (Fsp3) is 0.158. The summed E-state index contributed by atoms with van der Waals surface area (Å²) in [6.45, 7) is 1.21. The van der Waals surface area contributed by atoms with Gasteiger partial charge in [0.25, 0.3) is 5.91 Å². The summed E-state index contributed by atoms with van der Waals surface area (Å²) in [7, 11) is 1.33. The Balaban J connectivity index is 1.77. The second-order valence-corrected chi connectivity index (χ2v) is 5.42. The highest BCUT2D eigenvalue weighted by Crippen LogP contribution is 2.25. The van der Waals surface area contributed by atoms with E-state index in [0.717, 1.165) is 16.7 Å². The number of hydrogen-bond donors (Lipinski definition) is 0. The average molecular weight is 307 g/mol. The molecule has 0 radical (unpaired) electrons. The second kappa shape index (κ2) is 6.48. The van der Waals surface area contributed by atoms with Crippen LogP contribution < -0.4 is 0 Å². The third-order valence-electron chi connectivity index (χ3n) is 3.84. The maximum Gasteiger partial charge on any atom is 0.330 e. The Bertz CT molecular complexity index is 765. The van der Waals surface area contributed by atoms with Crippen LogP contribution >= 0.6 is 0 Å². The molecule has 0 saturated heterocycles. The van der Waals surface area contributed by atoms with Gasteiger partial charge in [0.1, 0.15) is 0 Å². The molecule has 1 amide bonds. The van der Waals surface area contributed by atoms with Crippen LogP contribution in [0.2, 0.25) is 0 Å². The Labute approximate surface area is 135 Å². The number of hydrogen-bond acceptors (Lipinski definition) is 3. The third-order valence-corrected chi connectivity index (χ3v) is 3.84. The number of benzene rings is 2. The van der Waals surface area contributed by atoms with Crippen LogP contribution in [0.5, 0.6) is 0 Å². The Morgan fingerprint density at radius 3 is 2.74 bits per heavy atom. The molecular formula is C19H17NO3. The monoisotopic (exact) mass is 307 g/mol. The molecular weight excluding hydrogens is 290 g/mol. The number of amides is 1. The lowest BCUT2D eigenvalue weighted by Gasteiger charge is -2.15. The molecule has 116 valence electrons. The van der Waals surface area contributed by atoms with Gasteiger partial charge in [0.15, 0.2) is 0 Å². The topological polar surface area (TPSA) is 46.6 Å². The summed E-state index contributed by atoms with van der Waals surface area (Å²) in [6.07, 6.45) is 3.00. The van der Waals surface area contributed by atoms with Crippen molar-refractivity contribution in [2.75, 3.05) is 7.11 Å². The molecule has 1 heterocycles. The Hall–Kier alpha value is -2.88. The van der Waals surface area contributed by atoms with Crippen molar-refractivity contribution in [1.82, 2.24) is 4.90 Å². The van der Waals surface area contributed by atoms with Crippen molar-refractivity contribution < 1.29 is 14.3 Å². The van der Waals surface area contributed by atoms with Crippen molar-refractivity contribution in [3.8, 4) is 0 Å². The van der Waals surface area contributed by atoms with E-state index in [-0.39, 0.29) is 5.91 Å². The fourth-order valence-electron chi connectivity index (χ4n) is 2.65. The molecule has 0 atom stereocenters. The lowest BCUT2D eigenvalue weighted by atomic mass is 10.1. The van der Waals surface area contributed by atoms with E-state index < -0.39 is 5.97 Å². The third kappa shape index (κ3) is 3.31. The molecule has 0 unspecified atom stereocenters. The van der Waals surface area contributed by atoms with Gasteiger partial charge in [-0.2, -0.15) is 0 Å². The van der Waals surface area contributed by atoms with Crippen LogP contribution in [0.25, 0.3) is 6.08 Å². The zero-order valence-corrected chi connectivity index (χ0v) is 12.9. The van der Waals surface area contributed by atoms with Gasteiger partial charge in [0, 0.05) is 24.7 Å². The van der Waals surface area contributed by atoms with E-state index in [9.17, 15) is 9.59 Å². The summed E-state index contributed by atoms with van der Waals surface area (Å²) in [4.78, 5) is 25.5. The van der Waals surface area contributed by atoms with Crippen LogP contribution in [-0.4, -0.2) is 23.9 Å². The van der Waals surface area contributed by atoms with Gasteiger partial charge in [-0.15, -0.1) is 0 Å². The van der Waals surface area contributed by atoms with Gasteiger partial charge in [0.05, 0.1) is 7.11 Å². The predicted octanol–water partition coefficient (Wildman–Crippen LogP) is 3.03. The highest BCUT2D eigenvalue weighted by molar-refractivity contribution is 5.99. The van der Waals surface area contributed by atoms with Crippen molar-refractivity contribution in [1.29, 1.82) is 0 Å². The van der Waals surface area contributed by atoms with E-state index in [0.29, 0.717) is 18.7 Å². The van der Waals surface area contributed by atoms with E-state index in [1.54, 1.807) is 6.08 Å². The second-order valence-electron chi connectivity index (χ2n) is 5.42. The smallest absolute Gasteiger partial charge is 0.330 e. The van der Waals surface area contributed by atoms with E-state index in [1.807, 2.05) is 53.4 Å². The minimum Gasteiger partial charge on any atom is -0.466 e. The number of ether oxygens (including phenoxy) is 1. The number of nitrogens with zero attached hydrogens (tertiary/aromatic N) is 1. The molecule has 0 aromatic heterocycles. The van der Waals surface area contributed by atoms with E-state index in [1.165, 1.54) is 13.2 Å². The molecule has 23 heavy (non-hydrogen) atoms. The van der Waals surface area contributed by atoms with Gasteiger partial charge in [-0.25, -0.2) is 4.79 Å². The van der Waals surface area contributed by atoms with Crippen LogP contribution in [0.4, 0.5) is 0 Å². The lowest BCUT2D eigenvalue weighted by molar-refractivity contribution is -0.134. The number of fused-ring (bicyclic) bond motifs is 1. The molecule has 2 aromatic carbocycles. The number of methoxy groups -OCH3 is 1. The van der Waals surface area contributed by atoms with Crippen molar-refractivity contribution >= 4 is 18.0 Å². The first-order valence-electron chi connectivity index (χ1n) is 7.39. The first-order valence-corrected chi connectivity index (χ1v) is 7.39. The molecule has 1 aliphatic heterocycles. The number of rotatable bonds is 4. The van der Waals surface area contributed by atoms with Gasteiger partial charge in [0.2, 0.25) is 0 Å². The summed E-state index contributed by atoms with van der Waals surface area (Å²) < 4.78 is 4.57. The van der Waals surface area contributed by atoms with Crippen molar-refractivity contribution in [3.63, 3.8) is 0 Å². The van der Waals surface area contributed by atoms with E-state index in [2.05, 4.69) is 4.74 Å². The van der Waals surface area contributed by atoms with Crippen LogP contribution in [0.3, 0.4) is 0 Å². The highest BCUT2D eigenvalue weighted by atomic mass is 16.5. The van der Waals surface area contributed by atoms with Crippen molar-refractivity contribution in [2.24, 2.45) is 0 Å². The molecule has 0 N–H and O–H groups in total. The van der Waals surface area contributed by atoms with Gasteiger partial charge in [-0.3, -0.25) is 4.79 Å². The number of carbonyl (C=O) groups excluding carboxylic acids is 2. The van der Waals surface area contributed by atoms with Gasteiger partial charge in [-0.1, -0.05) is 42.5 Å². The van der Waals surface area contributed by atoms with Gasteiger partial charge < -0.3 is 9.64 Å². The number of carbonyl (C=O) groups is 2. The molecule has 0 spiro atoms. The fourth-order valence-corrected chi connectivity index (χ4v) is 2.65. The molecule has 0 saturated carbocycles. The van der Waals surface area contributed by atoms with Gasteiger partial charge in [-0.05, 0) is 28.8 Å². The lowest BCUT2D eigenvalue weighted by Crippen LogP contribution is -2.23. The molecule has 0 bridgehead atoms. The predicted molar refractivity (Wildman–Crippen MR) is 87.5 cm³/mol. The Morgan fingerprint density at radius 1 is 1.22 bits per heavy atom. The minimum absolute atomic E-state index is 0.0252. The van der Waals surface area contributed by atoms with Crippen LogP contribution in [0.15, 0.2) is 54.6 Å². The SMILES string of the molecule is COC(=O)/C=C/c1ccc2c(c1)C(=O)N(Cc1ccccc1)C2. The van der Waals surface area contributed by atoms with Crippen LogP contribution in [0.1, 0.15) is 27.0 Å². The molecule has 1 aliphatic rings. The molecule has 0 aliphatic carbocycles. The summed E-state index contributed by atoms with van der Waals surface area (Å²) in [5.74, 6) is -0.389. The summed E-state index contributed by atoms with van der Waals surface area (Å²) in [6, 6.07) is 15.6. The van der Waals surface area contributed by atoms with Gasteiger partial charge >= 0.3 is 5.97 Å². The summed E-state index contributed by atoms with van der Waals surface area (Å²) >= 11 is 0. The van der Waals surface area contributed by atoms with Crippen LogP contribution in [-0.2, 0) is 22.6 Å². The van der Waals surface area contributed by atoms with Crippen LogP contribution in [0, 0.1) is 0 Å². The molecule has 0 fully saturated rings. The standard InChI is InChI=1S/C19H17NO3/c1-23-18(21)10-8-14-7-9-16-13-20(19(22)17(16)11-14)12-15-5-3-2-4-6-15/h2-11H,12-13H2,1H3/b10-8+. The minimum atomic E-state index is -0.414. The highest BCUT2D eigenvalue weighted by Gasteiger charge is 2.27. The Kier molecular flexibility index (Phi) is 4.24. The average Bonchev–Trinajstić information content (AvgIpc) is 2.89. The quantitative estimate of drug-likeness (QED) is 0.644. The molecule has 2 aromatic rings. The molecule has 3 rings (SSSR count). The maximum absolute atomic E-state index is 12.6. The number of esters is 1. The summed E-state index contributed by atoms with van der Waals surface area (Å²) in [5, 5.41) is 0. The first-order chi connectivity index (χ1) is 11.2. The zero-order chi connectivity index (χ0) is 16.2.